The largest absolute Gasteiger partial charge is 0.483 e. The fourth-order valence-corrected chi connectivity index (χ4v) is 4.14. The molecule has 0 bridgehead atoms. The predicted molar refractivity (Wildman–Crippen MR) is 129 cm³/mol. The minimum Gasteiger partial charge on any atom is -0.483 e. The van der Waals surface area contributed by atoms with Gasteiger partial charge in [-0.3, -0.25) is 9.59 Å². The normalized spacial score (nSPS) is 14.3. The molecule has 3 heterocycles. The van der Waals surface area contributed by atoms with E-state index in [0.29, 0.717) is 0 Å². The molecule has 208 valence electrons. The van der Waals surface area contributed by atoms with Crippen LogP contribution in [0.1, 0.15) is 18.4 Å². The first-order valence-electron chi connectivity index (χ1n) is 12.0. The van der Waals surface area contributed by atoms with Crippen LogP contribution in [0.4, 0.5) is 17.6 Å². The van der Waals surface area contributed by atoms with E-state index in [1.165, 1.54) is 35.4 Å². The summed E-state index contributed by atoms with van der Waals surface area (Å²) in [7, 11) is 0. The van der Waals surface area contributed by atoms with Gasteiger partial charge < -0.3 is 23.9 Å². The second kappa shape index (κ2) is 10.8. The van der Waals surface area contributed by atoms with Crippen LogP contribution in [-0.2, 0) is 15.8 Å². The number of rotatable bonds is 7. The van der Waals surface area contributed by atoms with E-state index >= 15 is 0 Å². The van der Waals surface area contributed by atoms with Crippen molar-refractivity contribution in [1.29, 1.82) is 0 Å². The lowest BCUT2D eigenvalue weighted by molar-refractivity contribution is -0.146. The van der Waals surface area contributed by atoms with E-state index in [4.69, 9.17) is 19.0 Å². The van der Waals surface area contributed by atoms with Crippen LogP contribution >= 0.6 is 0 Å². The summed E-state index contributed by atoms with van der Waals surface area (Å²) in [5.41, 5.74) is -1.17. The topological polar surface area (TPSA) is 128 Å². The maximum absolute atomic E-state index is 13.9. The number of benzene rings is 2. The molecule has 5 rings (SSSR count). The monoisotopic (exact) mass is 560 g/mol. The lowest BCUT2D eigenvalue weighted by Crippen LogP contribution is -2.42. The zero-order valence-electron chi connectivity index (χ0n) is 20.5. The van der Waals surface area contributed by atoms with Crippen molar-refractivity contribution < 1.29 is 46.1 Å². The molecule has 0 spiro atoms. The standard InChI is InChI=1S/C26H20F4N4O6/c27-17-3-1-2-4-20(17)39-25-31-12-18-23(33-25)40-22(32-18)15-5-6-19(16(11-15)26(28,29)30)38-13-21(35)34-9-7-14(8-10-34)24(36)37/h1-6,11-12,14H,7-10,13H2,(H,36,37). The van der Waals surface area contributed by atoms with Gasteiger partial charge in [0.2, 0.25) is 5.89 Å². The molecule has 14 heteroatoms. The molecule has 1 saturated heterocycles. The Kier molecular flexibility index (Phi) is 7.24. The van der Waals surface area contributed by atoms with Crippen LogP contribution in [0.3, 0.4) is 0 Å². The number of alkyl halides is 3. The van der Waals surface area contributed by atoms with Crippen molar-refractivity contribution in [3.8, 4) is 29.0 Å². The minimum absolute atomic E-state index is 0.0451. The number of halogens is 4. The maximum Gasteiger partial charge on any atom is 0.419 e. The predicted octanol–water partition coefficient (Wildman–Crippen LogP) is 4.94. The van der Waals surface area contributed by atoms with Crippen molar-refractivity contribution in [3.63, 3.8) is 0 Å². The number of hydrogen-bond donors (Lipinski definition) is 1. The van der Waals surface area contributed by atoms with Gasteiger partial charge in [0, 0.05) is 18.7 Å². The highest BCUT2D eigenvalue weighted by Crippen LogP contribution is 2.39. The summed E-state index contributed by atoms with van der Waals surface area (Å²) >= 11 is 0. The summed E-state index contributed by atoms with van der Waals surface area (Å²) in [5.74, 6) is -3.58. The van der Waals surface area contributed by atoms with Crippen LogP contribution in [0.15, 0.2) is 53.1 Å². The zero-order chi connectivity index (χ0) is 28.4. The highest BCUT2D eigenvalue weighted by Gasteiger charge is 2.36. The lowest BCUT2D eigenvalue weighted by atomic mass is 9.97. The summed E-state index contributed by atoms with van der Waals surface area (Å²) in [4.78, 5) is 37.0. The average Bonchev–Trinajstić information content (AvgIpc) is 3.36. The molecule has 0 aliphatic carbocycles. The quantitative estimate of drug-likeness (QED) is 0.313. The van der Waals surface area contributed by atoms with E-state index in [-0.39, 0.29) is 60.4 Å². The smallest absolute Gasteiger partial charge is 0.419 e. The molecule has 1 aliphatic rings. The van der Waals surface area contributed by atoms with Crippen LogP contribution < -0.4 is 9.47 Å². The maximum atomic E-state index is 13.9. The molecule has 1 N–H and O–H groups in total. The number of piperidine rings is 1. The number of hydrogen-bond acceptors (Lipinski definition) is 8. The van der Waals surface area contributed by atoms with E-state index < -0.39 is 47.7 Å². The molecule has 0 saturated carbocycles. The number of carboxylic acid groups (broad SMARTS) is 1. The number of nitrogens with zero attached hydrogens (tertiary/aromatic N) is 4. The molecule has 1 amide bonds. The summed E-state index contributed by atoms with van der Waals surface area (Å²) in [6.45, 7) is -0.292. The lowest BCUT2D eigenvalue weighted by Gasteiger charge is -2.30. The van der Waals surface area contributed by atoms with Gasteiger partial charge in [-0.15, -0.1) is 0 Å². The number of ether oxygens (including phenoxy) is 2. The van der Waals surface area contributed by atoms with E-state index in [0.717, 1.165) is 12.1 Å². The highest BCUT2D eigenvalue weighted by molar-refractivity contribution is 5.78. The van der Waals surface area contributed by atoms with Crippen molar-refractivity contribution in [1.82, 2.24) is 19.9 Å². The number of oxazole rings is 1. The summed E-state index contributed by atoms with van der Waals surface area (Å²) in [6.07, 6.45) is -3.09. The number of aliphatic carboxylic acids is 1. The third-order valence-electron chi connectivity index (χ3n) is 6.25. The third-order valence-corrected chi connectivity index (χ3v) is 6.25. The van der Waals surface area contributed by atoms with Crippen LogP contribution in [0, 0.1) is 11.7 Å². The van der Waals surface area contributed by atoms with Gasteiger partial charge in [0.25, 0.3) is 11.6 Å². The molecule has 0 unspecified atom stereocenters. The molecular formula is C26H20F4N4O6. The van der Waals surface area contributed by atoms with Gasteiger partial charge >= 0.3 is 18.2 Å². The van der Waals surface area contributed by atoms with Gasteiger partial charge in [-0.05, 0) is 43.2 Å². The molecule has 2 aromatic carbocycles. The summed E-state index contributed by atoms with van der Waals surface area (Å²) in [5, 5.41) is 9.07. The van der Waals surface area contributed by atoms with Gasteiger partial charge in [0.15, 0.2) is 18.2 Å². The number of amides is 1. The fraction of sp³-hybridized carbons (Fsp3) is 0.269. The number of carboxylic acids is 1. The van der Waals surface area contributed by atoms with E-state index in [1.54, 1.807) is 6.07 Å². The third kappa shape index (κ3) is 5.80. The van der Waals surface area contributed by atoms with Gasteiger partial charge in [-0.25, -0.2) is 14.4 Å². The molecule has 0 radical (unpaired) electrons. The van der Waals surface area contributed by atoms with Crippen molar-refractivity contribution in [2.24, 2.45) is 5.92 Å². The van der Waals surface area contributed by atoms with E-state index in [1.807, 2.05) is 0 Å². The SMILES string of the molecule is O=C(O)C1CCN(C(=O)COc2ccc(-c3nc4cnc(Oc5ccccc5F)nc4o3)cc2C(F)(F)F)CC1. The van der Waals surface area contributed by atoms with E-state index in [9.17, 15) is 27.2 Å². The van der Waals surface area contributed by atoms with Crippen molar-refractivity contribution in [3.05, 3.63) is 60.0 Å². The fourth-order valence-electron chi connectivity index (χ4n) is 4.14. The van der Waals surface area contributed by atoms with Gasteiger partial charge in [-0.1, -0.05) is 12.1 Å². The molecule has 1 aliphatic heterocycles. The van der Waals surface area contributed by atoms with Crippen LogP contribution in [-0.4, -0.2) is 56.5 Å². The summed E-state index contributed by atoms with van der Waals surface area (Å²) < 4.78 is 71.6. The number of carbonyl (C=O) groups excluding carboxylic acids is 1. The second-order valence-corrected chi connectivity index (χ2v) is 8.89. The zero-order valence-corrected chi connectivity index (χ0v) is 20.5. The second-order valence-electron chi connectivity index (χ2n) is 8.89. The first-order chi connectivity index (χ1) is 19.1. The average molecular weight is 560 g/mol. The number of para-hydroxylation sites is 1. The molecule has 1 fully saturated rings. The molecule has 2 aromatic heterocycles. The van der Waals surface area contributed by atoms with Crippen molar-refractivity contribution in [2.45, 2.75) is 19.0 Å². The molecule has 40 heavy (non-hydrogen) atoms. The number of aromatic nitrogens is 3. The van der Waals surface area contributed by atoms with Gasteiger partial charge in [0.05, 0.1) is 17.7 Å². The Hall–Kier alpha value is -4.75. The van der Waals surface area contributed by atoms with Crippen molar-refractivity contribution in [2.75, 3.05) is 19.7 Å². The number of likely N-dealkylation sites (tertiary alicyclic amines) is 1. The highest BCUT2D eigenvalue weighted by atomic mass is 19.4. The number of fused-ring (bicyclic) bond motifs is 1. The van der Waals surface area contributed by atoms with Crippen molar-refractivity contribution >= 4 is 23.1 Å². The first-order valence-corrected chi connectivity index (χ1v) is 12.0. The molecule has 10 nitrogen and oxygen atoms in total. The molecule has 0 atom stereocenters. The first kappa shape index (κ1) is 26.8. The Morgan fingerprint density at radius 1 is 1.07 bits per heavy atom. The Balaban J connectivity index is 1.33. The van der Waals surface area contributed by atoms with Gasteiger partial charge in [0.1, 0.15) is 11.3 Å². The Morgan fingerprint density at radius 2 is 1.82 bits per heavy atom. The van der Waals surface area contributed by atoms with Gasteiger partial charge in [-0.2, -0.15) is 18.2 Å². The van der Waals surface area contributed by atoms with E-state index in [2.05, 4.69) is 15.0 Å². The summed E-state index contributed by atoms with van der Waals surface area (Å²) in [6, 6.07) is 8.43. The van der Waals surface area contributed by atoms with Crippen LogP contribution in [0.2, 0.25) is 0 Å². The van der Waals surface area contributed by atoms with Crippen LogP contribution in [0.25, 0.3) is 22.7 Å². The Labute approximate surface area is 223 Å². The minimum atomic E-state index is -4.83. The molecular weight excluding hydrogens is 540 g/mol. The Morgan fingerprint density at radius 3 is 2.52 bits per heavy atom. The number of carbonyl (C=O) groups is 2. The Bertz CT molecular complexity index is 1570. The molecule has 4 aromatic rings. The van der Waals surface area contributed by atoms with Crippen LogP contribution in [0.5, 0.6) is 17.5 Å².